The molecule has 0 radical (unpaired) electrons. The van der Waals surface area contributed by atoms with Gasteiger partial charge in [-0.25, -0.2) is 0 Å². The molecule has 1 aromatic carbocycles. The van der Waals surface area contributed by atoms with Gasteiger partial charge in [-0.05, 0) is 38.2 Å². The molecule has 6 heteroatoms. The lowest BCUT2D eigenvalue weighted by Crippen LogP contribution is -2.57. The summed E-state index contributed by atoms with van der Waals surface area (Å²) in [7, 11) is 0. The van der Waals surface area contributed by atoms with E-state index in [-0.39, 0.29) is 11.8 Å². The van der Waals surface area contributed by atoms with Crippen molar-refractivity contribution in [1.29, 1.82) is 0 Å². The Bertz CT molecular complexity index is 520. The van der Waals surface area contributed by atoms with E-state index in [2.05, 4.69) is 22.8 Å². The summed E-state index contributed by atoms with van der Waals surface area (Å²) in [6, 6.07) is 9.80. The number of hydrogen-bond acceptors (Lipinski definition) is 4. The minimum absolute atomic E-state index is 0.0662. The normalized spacial score (nSPS) is 20.3. The Hall–Kier alpha value is -1.14. The van der Waals surface area contributed by atoms with Crippen molar-refractivity contribution in [3.8, 4) is 0 Å². The second kappa shape index (κ2) is 7.92. The molecule has 2 rings (SSSR count). The Balaban J connectivity index is 1.63. The number of hydrogen-bond donors (Lipinski definition) is 2. The van der Waals surface area contributed by atoms with Gasteiger partial charge in [0.1, 0.15) is 6.04 Å². The molecule has 0 bridgehead atoms. The zero-order valence-corrected chi connectivity index (χ0v) is 14.6. The van der Waals surface area contributed by atoms with Gasteiger partial charge in [-0.2, -0.15) is 0 Å². The first-order valence-electron chi connectivity index (χ1n) is 7.39. The highest BCUT2D eigenvalue weighted by Gasteiger charge is 2.37. The van der Waals surface area contributed by atoms with Gasteiger partial charge in [0, 0.05) is 17.2 Å². The van der Waals surface area contributed by atoms with Crippen LogP contribution in [0, 0.1) is 0 Å². The lowest BCUT2D eigenvalue weighted by atomic mass is 10.1. The van der Waals surface area contributed by atoms with E-state index in [1.165, 1.54) is 16.7 Å². The van der Waals surface area contributed by atoms with Gasteiger partial charge in [0.05, 0.1) is 4.75 Å². The number of amides is 2. The van der Waals surface area contributed by atoms with Gasteiger partial charge in [0.25, 0.3) is 0 Å². The van der Waals surface area contributed by atoms with Gasteiger partial charge in [-0.3, -0.25) is 9.59 Å². The SMILES string of the molecule is CC1(C)SC[C@H](C(=O)NCCCSc2ccccc2)NC1=O. The average Bonchev–Trinajstić information content (AvgIpc) is 2.50. The summed E-state index contributed by atoms with van der Waals surface area (Å²) in [5.41, 5.74) is 0. The van der Waals surface area contributed by atoms with Crippen LogP contribution >= 0.6 is 23.5 Å². The Morgan fingerprint density at radius 2 is 2.14 bits per heavy atom. The largest absolute Gasteiger partial charge is 0.354 e. The molecule has 2 N–H and O–H groups in total. The third kappa shape index (κ3) is 4.95. The lowest BCUT2D eigenvalue weighted by molar-refractivity contribution is -0.129. The highest BCUT2D eigenvalue weighted by molar-refractivity contribution is 8.01. The van der Waals surface area contributed by atoms with Gasteiger partial charge in [0.15, 0.2) is 0 Å². The number of rotatable bonds is 6. The Morgan fingerprint density at radius 3 is 2.82 bits per heavy atom. The van der Waals surface area contributed by atoms with Crippen molar-refractivity contribution in [2.24, 2.45) is 0 Å². The van der Waals surface area contributed by atoms with Crippen LogP contribution in [0.4, 0.5) is 0 Å². The summed E-state index contributed by atoms with van der Waals surface area (Å²) in [5, 5.41) is 5.70. The van der Waals surface area contributed by atoms with Crippen molar-refractivity contribution in [2.75, 3.05) is 18.1 Å². The topological polar surface area (TPSA) is 58.2 Å². The Morgan fingerprint density at radius 1 is 1.41 bits per heavy atom. The van der Waals surface area contributed by atoms with E-state index in [4.69, 9.17) is 0 Å². The molecule has 120 valence electrons. The second-order valence-electron chi connectivity index (χ2n) is 5.65. The molecule has 1 aromatic rings. The third-order valence-electron chi connectivity index (χ3n) is 3.41. The smallest absolute Gasteiger partial charge is 0.243 e. The molecule has 0 aromatic heterocycles. The van der Waals surface area contributed by atoms with E-state index in [0.717, 1.165) is 12.2 Å². The van der Waals surface area contributed by atoms with Crippen molar-refractivity contribution in [1.82, 2.24) is 10.6 Å². The maximum absolute atomic E-state index is 12.0. The number of thioether (sulfide) groups is 2. The van der Waals surface area contributed by atoms with Crippen molar-refractivity contribution in [3.63, 3.8) is 0 Å². The zero-order chi connectivity index (χ0) is 16.0. The predicted octanol–water partition coefficient (Wildman–Crippen LogP) is 2.30. The predicted molar refractivity (Wildman–Crippen MR) is 93.3 cm³/mol. The summed E-state index contributed by atoms with van der Waals surface area (Å²) in [5.74, 6) is 1.44. The third-order valence-corrected chi connectivity index (χ3v) is 5.92. The van der Waals surface area contributed by atoms with Crippen molar-refractivity contribution in [2.45, 2.75) is 36.0 Å². The van der Waals surface area contributed by atoms with Crippen LogP contribution in [-0.4, -0.2) is 40.7 Å². The molecule has 0 saturated carbocycles. The molecule has 1 atom stereocenters. The van der Waals surface area contributed by atoms with E-state index < -0.39 is 10.8 Å². The summed E-state index contributed by atoms with van der Waals surface area (Å²) in [6.07, 6.45) is 0.907. The Labute approximate surface area is 140 Å². The molecule has 0 unspecified atom stereocenters. The van der Waals surface area contributed by atoms with Crippen molar-refractivity contribution in [3.05, 3.63) is 30.3 Å². The molecule has 1 fully saturated rings. The Kier molecular flexibility index (Phi) is 6.20. The van der Waals surface area contributed by atoms with Crippen molar-refractivity contribution < 1.29 is 9.59 Å². The van der Waals surface area contributed by atoms with Gasteiger partial charge in [0.2, 0.25) is 11.8 Å². The standard InChI is InChI=1S/C16H22N2O2S2/c1-16(2)15(20)18-13(11-22-16)14(19)17-9-6-10-21-12-7-4-3-5-8-12/h3-5,7-8,13H,6,9-11H2,1-2H3,(H,17,19)(H,18,20)/t13-/m1/s1. The minimum atomic E-state index is -0.441. The van der Waals surface area contributed by atoms with Crippen LogP contribution in [0.3, 0.4) is 0 Å². The molecular weight excluding hydrogens is 316 g/mol. The van der Waals surface area contributed by atoms with Crippen LogP contribution < -0.4 is 10.6 Å². The van der Waals surface area contributed by atoms with Crippen LogP contribution in [0.2, 0.25) is 0 Å². The maximum atomic E-state index is 12.0. The molecule has 1 aliphatic heterocycles. The second-order valence-corrected chi connectivity index (χ2v) is 8.46. The molecular formula is C16H22N2O2S2. The number of benzene rings is 1. The van der Waals surface area contributed by atoms with Gasteiger partial charge >= 0.3 is 0 Å². The monoisotopic (exact) mass is 338 g/mol. The van der Waals surface area contributed by atoms with E-state index in [9.17, 15) is 9.59 Å². The van der Waals surface area contributed by atoms with E-state index in [1.807, 2.05) is 32.0 Å². The quantitative estimate of drug-likeness (QED) is 0.617. The van der Waals surface area contributed by atoms with E-state index in [0.29, 0.717) is 12.3 Å². The summed E-state index contributed by atoms with van der Waals surface area (Å²) >= 11 is 3.31. The van der Waals surface area contributed by atoms with Crippen LogP contribution in [0.1, 0.15) is 20.3 Å². The first-order valence-corrected chi connectivity index (χ1v) is 9.36. The van der Waals surface area contributed by atoms with Gasteiger partial charge in [-0.1, -0.05) is 18.2 Å². The number of nitrogens with one attached hydrogen (secondary N) is 2. The first-order chi connectivity index (χ1) is 10.5. The molecule has 1 aliphatic rings. The number of carbonyl (C=O) groups excluding carboxylic acids is 2. The summed E-state index contributed by atoms with van der Waals surface area (Å²) in [4.78, 5) is 25.1. The lowest BCUT2D eigenvalue weighted by Gasteiger charge is -2.32. The summed E-state index contributed by atoms with van der Waals surface area (Å²) in [6.45, 7) is 4.39. The first kappa shape index (κ1) is 17.2. The molecule has 0 aliphatic carbocycles. The molecule has 22 heavy (non-hydrogen) atoms. The van der Waals surface area contributed by atoms with Crippen LogP contribution in [0.5, 0.6) is 0 Å². The molecule has 1 heterocycles. The van der Waals surface area contributed by atoms with Crippen LogP contribution in [-0.2, 0) is 9.59 Å². The summed E-state index contributed by atoms with van der Waals surface area (Å²) < 4.78 is -0.441. The van der Waals surface area contributed by atoms with E-state index in [1.54, 1.807) is 11.8 Å². The molecule has 1 saturated heterocycles. The molecule has 2 amide bonds. The van der Waals surface area contributed by atoms with Gasteiger partial charge < -0.3 is 10.6 Å². The van der Waals surface area contributed by atoms with Crippen LogP contribution in [0.15, 0.2) is 35.2 Å². The molecule has 4 nitrogen and oxygen atoms in total. The average molecular weight is 338 g/mol. The number of carbonyl (C=O) groups is 2. The highest BCUT2D eigenvalue weighted by atomic mass is 32.2. The fraction of sp³-hybridized carbons (Fsp3) is 0.500. The fourth-order valence-electron chi connectivity index (χ4n) is 1.99. The van der Waals surface area contributed by atoms with E-state index >= 15 is 0 Å². The van der Waals surface area contributed by atoms with Crippen LogP contribution in [0.25, 0.3) is 0 Å². The maximum Gasteiger partial charge on any atom is 0.243 e. The van der Waals surface area contributed by atoms with Gasteiger partial charge in [-0.15, -0.1) is 23.5 Å². The molecule has 0 spiro atoms. The fourth-order valence-corrected chi connectivity index (χ4v) is 3.87. The highest BCUT2D eigenvalue weighted by Crippen LogP contribution is 2.28. The minimum Gasteiger partial charge on any atom is -0.354 e. The van der Waals surface area contributed by atoms with Crippen molar-refractivity contribution >= 4 is 35.3 Å². The zero-order valence-electron chi connectivity index (χ0n) is 12.9.